The van der Waals surface area contributed by atoms with Gasteiger partial charge in [-0.3, -0.25) is 4.79 Å². The summed E-state index contributed by atoms with van der Waals surface area (Å²) in [5.41, 5.74) is 9.75. The van der Waals surface area contributed by atoms with Gasteiger partial charge in [0.15, 0.2) is 0 Å². The summed E-state index contributed by atoms with van der Waals surface area (Å²) in [5.74, 6) is 1.37. The molecule has 2 aromatic rings. The normalized spacial score (nSPS) is 19.5. The quantitative estimate of drug-likeness (QED) is 0.936. The van der Waals surface area contributed by atoms with Crippen molar-refractivity contribution in [3.63, 3.8) is 0 Å². The molecule has 0 saturated carbocycles. The number of carbonyl (C=O) groups excluding carboxylic acids is 1. The largest absolute Gasteiger partial charge is 0.366 e. The van der Waals surface area contributed by atoms with Crippen molar-refractivity contribution in [2.75, 3.05) is 18.0 Å². The summed E-state index contributed by atoms with van der Waals surface area (Å²) in [6.07, 6.45) is 7.22. The highest BCUT2D eigenvalue weighted by Crippen LogP contribution is 2.32. The lowest BCUT2D eigenvalue weighted by Crippen LogP contribution is -2.23. The fraction of sp³-hybridized carbons (Fsp3) is 0.421. The number of aromatic nitrogens is 2. The summed E-state index contributed by atoms with van der Waals surface area (Å²) < 4.78 is 0. The van der Waals surface area contributed by atoms with Gasteiger partial charge in [0.05, 0.1) is 0 Å². The Kier molecular flexibility index (Phi) is 3.92. The number of nitrogens with zero attached hydrogens (tertiary/aromatic N) is 3. The van der Waals surface area contributed by atoms with E-state index in [2.05, 4.69) is 20.9 Å². The number of carbonyl (C=O) groups is 1. The second kappa shape index (κ2) is 6.23. The number of primary amides is 1. The molecule has 5 nitrogen and oxygen atoms in total. The molecule has 1 aromatic carbocycles. The van der Waals surface area contributed by atoms with Gasteiger partial charge in [-0.25, -0.2) is 9.97 Å². The Balaban J connectivity index is 1.47. The first-order valence-electron chi connectivity index (χ1n) is 8.67. The maximum atomic E-state index is 11.3. The molecule has 2 aliphatic rings. The Labute approximate surface area is 141 Å². The Morgan fingerprint density at radius 1 is 1.29 bits per heavy atom. The van der Waals surface area contributed by atoms with Crippen LogP contribution in [0.5, 0.6) is 0 Å². The highest BCUT2D eigenvalue weighted by molar-refractivity contribution is 5.92. The van der Waals surface area contributed by atoms with Crippen molar-refractivity contribution < 1.29 is 4.79 Å². The van der Waals surface area contributed by atoms with Crippen LogP contribution in [0.25, 0.3) is 0 Å². The highest BCUT2D eigenvalue weighted by Gasteiger charge is 2.27. The minimum atomic E-state index is -0.360. The lowest BCUT2D eigenvalue weighted by molar-refractivity contribution is 0.1000. The van der Waals surface area contributed by atoms with Gasteiger partial charge in [0.2, 0.25) is 5.91 Å². The minimum absolute atomic E-state index is 0.360. The Hall–Kier alpha value is -2.43. The van der Waals surface area contributed by atoms with Gasteiger partial charge in [0.1, 0.15) is 12.1 Å². The molecule has 0 radical (unpaired) electrons. The average Bonchev–Trinajstić information content (AvgIpc) is 3.23. The van der Waals surface area contributed by atoms with E-state index in [1.165, 1.54) is 23.2 Å². The summed E-state index contributed by atoms with van der Waals surface area (Å²) in [6.45, 7) is 2.06. The predicted molar refractivity (Wildman–Crippen MR) is 93.0 cm³/mol. The van der Waals surface area contributed by atoms with Crippen LogP contribution in [0.1, 0.15) is 40.0 Å². The maximum Gasteiger partial charge on any atom is 0.248 e. The van der Waals surface area contributed by atoms with E-state index >= 15 is 0 Å². The van der Waals surface area contributed by atoms with Gasteiger partial charge in [-0.05, 0) is 55.7 Å². The zero-order chi connectivity index (χ0) is 16.5. The van der Waals surface area contributed by atoms with Crippen LogP contribution in [0.2, 0.25) is 0 Å². The van der Waals surface area contributed by atoms with Crippen LogP contribution in [0.3, 0.4) is 0 Å². The van der Waals surface area contributed by atoms with E-state index in [0.29, 0.717) is 11.5 Å². The first-order valence-corrected chi connectivity index (χ1v) is 8.67. The number of benzene rings is 1. The summed E-state index contributed by atoms with van der Waals surface area (Å²) in [5, 5.41) is 0. The van der Waals surface area contributed by atoms with Crippen LogP contribution in [0.15, 0.2) is 30.6 Å². The summed E-state index contributed by atoms with van der Waals surface area (Å²) in [4.78, 5) is 22.7. The van der Waals surface area contributed by atoms with E-state index in [9.17, 15) is 4.79 Å². The second-order valence-electron chi connectivity index (χ2n) is 6.85. The number of hydrogen-bond acceptors (Lipinski definition) is 4. The van der Waals surface area contributed by atoms with Gasteiger partial charge in [0, 0.05) is 29.9 Å². The second-order valence-corrected chi connectivity index (χ2v) is 6.85. The number of rotatable bonds is 4. The average molecular weight is 322 g/mol. The SMILES string of the molecule is NC(=O)c1cccc(CC2CCN(c3ncnc4c3CCC4)C2)c1. The molecule has 2 N–H and O–H groups in total. The zero-order valence-electron chi connectivity index (χ0n) is 13.7. The number of amides is 1. The Bertz CT molecular complexity index is 774. The lowest BCUT2D eigenvalue weighted by Gasteiger charge is -2.20. The van der Waals surface area contributed by atoms with E-state index in [1.54, 1.807) is 12.4 Å². The molecular weight excluding hydrogens is 300 g/mol. The number of nitrogens with two attached hydrogens (primary N) is 1. The van der Waals surface area contributed by atoms with Crippen molar-refractivity contribution in [3.8, 4) is 0 Å². The fourth-order valence-electron chi connectivity index (χ4n) is 3.99. The summed E-state index contributed by atoms with van der Waals surface area (Å²) in [7, 11) is 0. The van der Waals surface area contributed by atoms with Gasteiger partial charge in [-0.1, -0.05) is 12.1 Å². The molecule has 4 rings (SSSR count). The van der Waals surface area contributed by atoms with Crippen molar-refractivity contribution >= 4 is 11.7 Å². The van der Waals surface area contributed by atoms with Crippen LogP contribution in [-0.4, -0.2) is 29.0 Å². The minimum Gasteiger partial charge on any atom is -0.366 e. The van der Waals surface area contributed by atoms with Crippen molar-refractivity contribution in [2.45, 2.75) is 32.1 Å². The van der Waals surface area contributed by atoms with Crippen molar-refractivity contribution in [1.29, 1.82) is 0 Å². The van der Waals surface area contributed by atoms with Crippen molar-refractivity contribution in [1.82, 2.24) is 9.97 Å². The van der Waals surface area contributed by atoms with E-state index in [-0.39, 0.29) is 5.91 Å². The summed E-state index contributed by atoms with van der Waals surface area (Å²) in [6, 6.07) is 7.70. The van der Waals surface area contributed by atoms with Gasteiger partial charge in [-0.15, -0.1) is 0 Å². The van der Waals surface area contributed by atoms with E-state index < -0.39 is 0 Å². The molecule has 1 aromatic heterocycles. The third-order valence-electron chi connectivity index (χ3n) is 5.17. The van der Waals surface area contributed by atoms with E-state index in [1.807, 2.05) is 12.1 Å². The monoisotopic (exact) mass is 322 g/mol. The molecule has 2 heterocycles. The molecule has 1 aliphatic heterocycles. The van der Waals surface area contributed by atoms with E-state index in [4.69, 9.17) is 5.73 Å². The first-order chi connectivity index (χ1) is 11.7. The number of aryl methyl sites for hydroxylation is 1. The molecule has 1 unspecified atom stereocenters. The maximum absolute atomic E-state index is 11.3. The molecular formula is C19H22N4O. The lowest BCUT2D eigenvalue weighted by atomic mass is 9.97. The smallest absolute Gasteiger partial charge is 0.248 e. The molecule has 24 heavy (non-hydrogen) atoms. The molecule has 1 saturated heterocycles. The Morgan fingerprint density at radius 2 is 2.21 bits per heavy atom. The van der Waals surface area contributed by atoms with Gasteiger partial charge in [0.25, 0.3) is 0 Å². The molecule has 1 fully saturated rings. The Morgan fingerprint density at radius 3 is 3.08 bits per heavy atom. The van der Waals surface area contributed by atoms with Crippen LogP contribution in [0.4, 0.5) is 5.82 Å². The van der Waals surface area contributed by atoms with Crippen molar-refractivity contribution in [3.05, 3.63) is 53.0 Å². The third kappa shape index (κ3) is 2.86. The fourth-order valence-corrected chi connectivity index (χ4v) is 3.99. The molecule has 0 bridgehead atoms. The zero-order valence-corrected chi connectivity index (χ0v) is 13.7. The van der Waals surface area contributed by atoms with Gasteiger partial charge < -0.3 is 10.6 Å². The van der Waals surface area contributed by atoms with Gasteiger partial charge >= 0.3 is 0 Å². The number of anilines is 1. The van der Waals surface area contributed by atoms with Gasteiger partial charge in [-0.2, -0.15) is 0 Å². The van der Waals surface area contributed by atoms with Crippen LogP contribution >= 0.6 is 0 Å². The molecule has 124 valence electrons. The third-order valence-corrected chi connectivity index (χ3v) is 5.17. The highest BCUT2D eigenvalue weighted by atomic mass is 16.1. The predicted octanol–water partition coefficient (Wildman–Crippen LogP) is 2.13. The van der Waals surface area contributed by atoms with Crippen LogP contribution < -0.4 is 10.6 Å². The topological polar surface area (TPSA) is 72.1 Å². The van der Waals surface area contributed by atoms with Crippen molar-refractivity contribution in [2.24, 2.45) is 11.7 Å². The standard InChI is InChI=1S/C19H22N4O/c20-18(24)15-4-1-3-13(10-15)9-14-7-8-23(11-14)19-16-5-2-6-17(16)21-12-22-19/h1,3-4,10,12,14H,2,5-9,11H2,(H2,20,24). The molecule has 1 atom stereocenters. The number of hydrogen-bond donors (Lipinski definition) is 1. The number of fused-ring (bicyclic) bond motifs is 1. The van der Waals surface area contributed by atoms with Crippen LogP contribution in [0, 0.1) is 5.92 Å². The summed E-state index contributed by atoms with van der Waals surface area (Å²) >= 11 is 0. The molecule has 5 heteroatoms. The van der Waals surface area contributed by atoms with Crippen LogP contribution in [-0.2, 0) is 19.3 Å². The first kappa shape index (κ1) is 15.1. The molecule has 1 aliphatic carbocycles. The molecule has 0 spiro atoms. The molecule has 1 amide bonds. The van der Waals surface area contributed by atoms with E-state index in [0.717, 1.165) is 44.6 Å².